The summed E-state index contributed by atoms with van der Waals surface area (Å²) >= 11 is 0. The van der Waals surface area contributed by atoms with Gasteiger partial charge in [0.05, 0.1) is 0 Å². The molecule has 2 heteroatoms. The molecule has 0 heterocycles. The highest BCUT2D eigenvalue weighted by atomic mass is 14.9. The molecule has 0 aliphatic rings. The predicted octanol–water partition coefficient (Wildman–Crippen LogP) is 3.03. The summed E-state index contributed by atoms with van der Waals surface area (Å²) in [5.74, 6) is 0. The van der Waals surface area contributed by atoms with Crippen LogP contribution >= 0.6 is 0 Å². The molecule has 1 rings (SSSR count). The van der Waals surface area contributed by atoms with Crippen LogP contribution in [0.25, 0.3) is 0 Å². The number of hydrogen-bond acceptors (Lipinski definition) is 2. The molecular formula is C17H30N2. The normalized spacial score (nSPS) is 11.8. The van der Waals surface area contributed by atoms with Gasteiger partial charge in [0.2, 0.25) is 0 Å². The summed E-state index contributed by atoms with van der Waals surface area (Å²) in [6.45, 7) is 12.3. The fourth-order valence-corrected chi connectivity index (χ4v) is 2.18. The van der Waals surface area contributed by atoms with Crippen LogP contribution in [-0.2, 0) is 11.8 Å². The van der Waals surface area contributed by atoms with E-state index in [4.69, 9.17) is 0 Å². The summed E-state index contributed by atoms with van der Waals surface area (Å²) in [4.78, 5) is 0. The fourth-order valence-electron chi connectivity index (χ4n) is 2.18. The second-order valence-electron chi connectivity index (χ2n) is 6.35. The van der Waals surface area contributed by atoms with Crippen LogP contribution in [-0.4, -0.2) is 26.7 Å². The molecule has 0 fully saturated rings. The van der Waals surface area contributed by atoms with Gasteiger partial charge in [-0.2, -0.15) is 0 Å². The Hall–Kier alpha value is -0.860. The molecule has 0 spiro atoms. The van der Waals surface area contributed by atoms with Crippen molar-refractivity contribution in [3.63, 3.8) is 0 Å². The number of rotatable bonds is 7. The fraction of sp³-hybridized carbons (Fsp3) is 0.647. The minimum atomic E-state index is 0.245. The van der Waals surface area contributed by atoms with E-state index in [0.717, 1.165) is 26.1 Å². The lowest BCUT2D eigenvalue weighted by atomic mass is 9.85. The SMILES string of the molecule is CNCCCNCCc1ccc(C(C)(C)C)cc1C. The molecule has 19 heavy (non-hydrogen) atoms. The first-order chi connectivity index (χ1) is 8.95. The van der Waals surface area contributed by atoms with Crippen molar-refractivity contribution < 1.29 is 0 Å². The summed E-state index contributed by atoms with van der Waals surface area (Å²) in [5, 5.41) is 6.67. The third kappa shape index (κ3) is 5.75. The van der Waals surface area contributed by atoms with Crippen LogP contribution in [0.15, 0.2) is 18.2 Å². The van der Waals surface area contributed by atoms with Gasteiger partial charge in [-0.1, -0.05) is 39.0 Å². The summed E-state index contributed by atoms with van der Waals surface area (Å²) in [6, 6.07) is 6.92. The van der Waals surface area contributed by atoms with E-state index in [1.165, 1.54) is 23.1 Å². The first kappa shape index (κ1) is 16.2. The van der Waals surface area contributed by atoms with Gasteiger partial charge in [-0.15, -0.1) is 0 Å². The molecule has 1 aromatic rings. The molecule has 108 valence electrons. The van der Waals surface area contributed by atoms with Gasteiger partial charge in [0.15, 0.2) is 0 Å². The van der Waals surface area contributed by atoms with Gasteiger partial charge in [0.25, 0.3) is 0 Å². The van der Waals surface area contributed by atoms with Gasteiger partial charge in [0.1, 0.15) is 0 Å². The van der Waals surface area contributed by atoms with E-state index < -0.39 is 0 Å². The van der Waals surface area contributed by atoms with Gasteiger partial charge in [0, 0.05) is 0 Å². The molecule has 1 aromatic carbocycles. The number of benzene rings is 1. The second-order valence-corrected chi connectivity index (χ2v) is 6.35. The zero-order valence-electron chi connectivity index (χ0n) is 13.3. The molecule has 0 bridgehead atoms. The van der Waals surface area contributed by atoms with Crippen molar-refractivity contribution >= 4 is 0 Å². The second kappa shape index (κ2) is 7.66. The molecule has 0 aliphatic carbocycles. The van der Waals surface area contributed by atoms with Gasteiger partial charge in [-0.05, 0) is 68.6 Å². The van der Waals surface area contributed by atoms with Crippen molar-refractivity contribution in [2.75, 3.05) is 26.7 Å². The zero-order chi connectivity index (χ0) is 14.3. The van der Waals surface area contributed by atoms with Gasteiger partial charge in [-0.25, -0.2) is 0 Å². The molecule has 2 N–H and O–H groups in total. The minimum Gasteiger partial charge on any atom is -0.320 e. The van der Waals surface area contributed by atoms with E-state index in [0.29, 0.717) is 0 Å². The van der Waals surface area contributed by atoms with Crippen LogP contribution in [0.1, 0.15) is 43.9 Å². The van der Waals surface area contributed by atoms with Crippen molar-refractivity contribution in [2.24, 2.45) is 0 Å². The van der Waals surface area contributed by atoms with Gasteiger partial charge < -0.3 is 10.6 Å². The van der Waals surface area contributed by atoms with Gasteiger partial charge >= 0.3 is 0 Å². The van der Waals surface area contributed by atoms with E-state index in [1.54, 1.807) is 0 Å². The largest absolute Gasteiger partial charge is 0.320 e. The highest BCUT2D eigenvalue weighted by Gasteiger charge is 2.14. The Bertz CT molecular complexity index is 377. The Balaban J connectivity index is 2.43. The van der Waals surface area contributed by atoms with Crippen molar-refractivity contribution in [1.82, 2.24) is 10.6 Å². The van der Waals surface area contributed by atoms with Crippen LogP contribution in [0.4, 0.5) is 0 Å². The maximum atomic E-state index is 3.50. The lowest BCUT2D eigenvalue weighted by molar-refractivity contribution is 0.588. The average molecular weight is 262 g/mol. The molecule has 0 atom stereocenters. The highest BCUT2D eigenvalue weighted by Crippen LogP contribution is 2.24. The molecule has 2 nitrogen and oxygen atoms in total. The molecule has 0 aliphatic heterocycles. The molecule has 0 radical (unpaired) electrons. The molecule has 0 amide bonds. The zero-order valence-corrected chi connectivity index (χ0v) is 13.3. The van der Waals surface area contributed by atoms with Crippen LogP contribution in [0.2, 0.25) is 0 Å². The Kier molecular flexibility index (Phi) is 6.53. The Morgan fingerprint density at radius 2 is 1.79 bits per heavy atom. The summed E-state index contributed by atoms with van der Waals surface area (Å²) < 4.78 is 0. The van der Waals surface area contributed by atoms with Crippen LogP contribution < -0.4 is 10.6 Å². The Morgan fingerprint density at radius 3 is 2.37 bits per heavy atom. The first-order valence-corrected chi connectivity index (χ1v) is 7.40. The van der Waals surface area contributed by atoms with Crippen LogP contribution in [0.3, 0.4) is 0 Å². The standard InChI is InChI=1S/C17H30N2/c1-14-13-16(17(2,3)4)8-7-15(14)9-12-19-11-6-10-18-5/h7-8,13,18-19H,6,9-12H2,1-5H3. The molecule has 0 saturated carbocycles. The third-order valence-electron chi connectivity index (χ3n) is 3.56. The maximum Gasteiger partial charge on any atom is -0.000824 e. The minimum absolute atomic E-state index is 0.245. The highest BCUT2D eigenvalue weighted by molar-refractivity contribution is 5.34. The quantitative estimate of drug-likeness (QED) is 0.738. The molecule has 0 saturated heterocycles. The lowest BCUT2D eigenvalue weighted by Gasteiger charge is -2.20. The summed E-state index contributed by atoms with van der Waals surface area (Å²) in [5.41, 5.74) is 4.56. The van der Waals surface area contributed by atoms with Crippen LogP contribution in [0.5, 0.6) is 0 Å². The van der Waals surface area contributed by atoms with Crippen molar-refractivity contribution in [3.05, 3.63) is 34.9 Å². The topological polar surface area (TPSA) is 24.1 Å². The van der Waals surface area contributed by atoms with Crippen molar-refractivity contribution in [1.29, 1.82) is 0 Å². The van der Waals surface area contributed by atoms with Crippen LogP contribution in [0, 0.1) is 6.92 Å². The monoisotopic (exact) mass is 262 g/mol. The van der Waals surface area contributed by atoms with Crippen molar-refractivity contribution in [2.45, 2.75) is 46.0 Å². The first-order valence-electron chi connectivity index (χ1n) is 7.40. The maximum absolute atomic E-state index is 3.50. The molecule has 0 aromatic heterocycles. The number of nitrogens with one attached hydrogen (secondary N) is 2. The van der Waals surface area contributed by atoms with E-state index >= 15 is 0 Å². The smallest absolute Gasteiger partial charge is 0.000824 e. The summed E-state index contributed by atoms with van der Waals surface area (Å²) in [7, 11) is 2.00. The van der Waals surface area contributed by atoms with Gasteiger partial charge in [-0.3, -0.25) is 0 Å². The van der Waals surface area contributed by atoms with E-state index in [1.807, 2.05) is 7.05 Å². The molecule has 0 unspecified atom stereocenters. The lowest BCUT2D eigenvalue weighted by Crippen LogP contribution is -2.22. The number of hydrogen-bond donors (Lipinski definition) is 2. The van der Waals surface area contributed by atoms with E-state index in [2.05, 4.69) is 56.5 Å². The predicted molar refractivity (Wildman–Crippen MR) is 85.0 cm³/mol. The van der Waals surface area contributed by atoms with E-state index in [-0.39, 0.29) is 5.41 Å². The molecular weight excluding hydrogens is 232 g/mol. The third-order valence-corrected chi connectivity index (χ3v) is 3.56. The number of aryl methyl sites for hydroxylation is 1. The summed E-state index contributed by atoms with van der Waals surface area (Å²) in [6.07, 6.45) is 2.31. The van der Waals surface area contributed by atoms with Crippen molar-refractivity contribution in [3.8, 4) is 0 Å². The Labute approximate surface area is 119 Å². The Morgan fingerprint density at radius 1 is 1.05 bits per heavy atom. The average Bonchev–Trinajstić information content (AvgIpc) is 2.34. The van der Waals surface area contributed by atoms with E-state index in [9.17, 15) is 0 Å².